The van der Waals surface area contributed by atoms with Crippen LogP contribution in [0.2, 0.25) is 0 Å². The van der Waals surface area contributed by atoms with Gasteiger partial charge in [0.1, 0.15) is 12.1 Å². The van der Waals surface area contributed by atoms with E-state index in [-0.39, 0.29) is 5.92 Å². The van der Waals surface area contributed by atoms with Crippen LogP contribution in [0.25, 0.3) is 0 Å². The number of carboxylic acid groups (broad SMARTS) is 1. The van der Waals surface area contributed by atoms with Gasteiger partial charge >= 0.3 is 5.97 Å². The van der Waals surface area contributed by atoms with E-state index >= 15 is 0 Å². The van der Waals surface area contributed by atoms with Gasteiger partial charge in [0.25, 0.3) is 0 Å². The van der Waals surface area contributed by atoms with Crippen molar-refractivity contribution in [2.45, 2.75) is 38.5 Å². The van der Waals surface area contributed by atoms with Gasteiger partial charge in [-0.25, -0.2) is 4.79 Å². The molecule has 0 aromatic heterocycles. The molecule has 6 nitrogen and oxygen atoms in total. The van der Waals surface area contributed by atoms with Gasteiger partial charge in [-0.15, -0.1) is 0 Å². The summed E-state index contributed by atoms with van der Waals surface area (Å²) < 4.78 is 0. The minimum Gasteiger partial charge on any atom is -0.480 e. The van der Waals surface area contributed by atoms with Crippen molar-refractivity contribution in [3.05, 3.63) is 0 Å². The molecule has 1 saturated heterocycles. The highest BCUT2D eigenvalue weighted by Crippen LogP contribution is 2.08. The van der Waals surface area contributed by atoms with E-state index in [2.05, 4.69) is 10.6 Å². The van der Waals surface area contributed by atoms with Gasteiger partial charge in [0, 0.05) is 0 Å². The van der Waals surface area contributed by atoms with Gasteiger partial charge in [-0.2, -0.15) is 0 Å². The Hall–Kier alpha value is -1.14. The normalized spacial score (nSPS) is 26.8. The van der Waals surface area contributed by atoms with Crippen molar-refractivity contribution in [1.29, 1.82) is 0 Å². The predicted molar refractivity (Wildman–Crippen MR) is 56.8 cm³/mol. The van der Waals surface area contributed by atoms with Crippen LogP contribution in [0.15, 0.2) is 0 Å². The van der Waals surface area contributed by atoms with Gasteiger partial charge in [0.2, 0.25) is 5.91 Å². The Morgan fingerprint density at radius 1 is 1.44 bits per heavy atom. The van der Waals surface area contributed by atoms with Crippen LogP contribution in [0.3, 0.4) is 0 Å². The quantitative estimate of drug-likeness (QED) is 0.493. The number of carbonyl (C=O) groups excluding carboxylic acids is 1. The second-order valence-corrected chi connectivity index (χ2v) is 4.36. The van der Waals surface area contributed by atoms with Crippen molar-refractivity contribution < 1.29 is 19.8 Å². The molecular formula is C10H18N2O4. The molecule has 1 aliphatic rings. The van der Waals surface area contributed by atoms with Gasteiger partial charge < -0.3 is 20.8 Å². The minimum absolute atomic E-state index is 0.194. The van der Waals surface area contributed by atoms with Gasteiger partial charge in [0.05, 0.1) is 6.10 Å². The van der Waals surface area contributed by atoms with Crippen LogP contribution in [0.5, 0.6) is 0 Å². The third-order valence-electron chi connectivity index (χ3n) is 2.70. The van der Waals surface area contributed by atoms with Crippen molar-refractivity contribution in [2.24, 2.45) is 5.92 Å². The molecule has 0 saturated carbocycles. The smallest absolute Gasteiger partial charge is 0.326 e. The van der Waals surface area contributed by atoms with E-state index < -0.39 is 30.1 Å². The molecule has 0 aromatic rings. The first-order valence-corrected chi connectivity index (χ1v) is 5.38. The highest BCUT2D eigenvalue weighted by Gasteiger charge is 2.34. The van der Waals surface area contributed by atoms with Crippen molar-refractivity contribution in [3.8, 4) is 0 Å². The monoisotopic (exact) mass is 230 g/mol. The molecule has 0 bridgehead atoms. The Labute approximate surface area is 94.0 Å². The fraction of sp³-hybridized carbons (Fsp3) is 0.800. The predicted octanol–water partition coefficient (Wildman–Crippen LogP) is -1.07. The van der Waals surface area contributed by atoms with Crippen LogP contribution < -0.4 is 10.6 Å². The first kappa shape index (κ1) is 12.9. The summed E-state index contributed by atoms with van der Waals surface area (Å²) in [5.41, 5.74) is 0. The van der Waals surface area contributed by atoms with E-state index in [0.717, 1.165) is 0 Å². The van der Waals surface area contributed by atoms with E-state index in [1.165, 1.54) is 0 Å². The summed E-state index contributed by atoms with van der Waals surface area (Å²) in [6, 6.07) is -1.61. The highest BCUT2D eigenvalue weighted by atomic mass is 16.4. The summed E-state index contributed by atoms with van der Waals surface area (Å²) in [5.74, 6) is -1.71. The second kappa shape index (κ2) is 5.27. The minimum atomic E-state index is -1.06. The van der Waals surface area contributed by atoms with E-state index in [0.29, 0.717) is 13.0 Å². The fourth-order valence-electron chi connectivity index (χ4n) is 1.71. The third kappa shape index (κ3) is 2.93. The van der Waals surface area contributed by atoms with Crippen molar-refractivity contribution in [3.63, 3.8) is 0 Å². The number of rotatable bonds is 4. The molecule has 0 aliphatic carbocycles. The Morgan fingerprint density at radius 3 is 2.44 bits per heavy atom. The molecule has 0 spiro atoms. The van der Waals surface area contributed by atoms with E-state index in [9.17, 15) is 14.7 Å². The van der Waals surface area contributed by atoms with Gasteiger partial charge in [-0.3, -0.25) is 4.79 Å². The molecule has 3 atom stereocenters. The summed E-state index contributed by atoms with van der Waals surface area (Å²) >= 11 is 0. The van der Waals surface area contributed by atoms with Crippen molar-refractivity contribution in [2.75, 3.05) is 6.54 Å². The summed E-state index contributed by atoms with van der Waals surface area (Å²) in [4.78, 5) is 22.6. The summed E-state index contributed by atoms with van der Waals surface area (Å²) in [6.45, 7) is 4.01. The van der Waals surface area contributed by atoms with Crippen molar-refractivity contribution >= 4 is 11.9 Å². The maximum Gasteiger partial charge on any atom is 0.326 e. The lowest BCUT2D eigenvalue weighted by Crippen LogP contribution is -2.53. The molecule has 1 unspecified atom stereocenters. The molecule has 1 amide bonds. The maximum atomic E-state index is 11.7. The molecule has 1 aliphatic heterocycles. The van der Waals surface area contributed by atoms with Gasteiger partial charge in [-0.05, 0) is 18.9 Å². The summed E-state index contributed by atoms with van der Waals surface area (Å²) in [7, 11) is 0. The number of aliphatic carboxylic acids is 1. The Balaban J connectivity index is 2.58. The molecule has 0 radical (unpaired) electrons. The molecular weight excluding hydrogens is 212 g/mol. The highest BCUT2D eigenvalue weighted by molar-refractivity contribution is 5.87. The zero-order chi connectivity index (χ0) is 12.3. The maximum absolute atomic E-state index is 11.7. The summed E-state index contributed by atoms with van der Waals surface area (Å²) in [5, 5.41) is 23.6. The van der Waals surface area contributed by atoms with Crippen LogP contribution in [0.1, 0.15) is 20.3 Å². The topological polar surface area (TPSA) is 98.7 Å². The van der Waals surface area contributed by atoms with Crippen LogP contribution >= 0.6 is 0 Å². The molecule has 1 rings (SSSR count). The van der Waals surface area contributed by atoms with E-state index in [1.807, 2.05) is 0 Å². The van der Waals surface area contributed by atoms with Gasteiger partial charge in [0.15, 0.2) is 0 Å². The fourth-order valence-corrected chi connectivity index (χ4v) is 1.71. The Bertz CT molecular complexity index is 280. The van der Waals surface area contributed by atoms with Crippen molar-refractivity contribution in [1.82, 2.24) is 10.6 Å². The zero-order valence-corrected chi connectivity index (χ0v) is 9.43. The SMILES string of the molecule is CC(C)[C@H](NC(=O)[C@H]1NCCC1O)C(=O)O. The van der Waals surface area contributed by atoms with Crippen LogP contribution in [0.4, 0.5) is 0 Å². The largest absolute Gasteiger partial charge is 0.480 e. The number of carboxylic acids is 1. The lowest BCUT2D eigenvalue weighted by molar-refractivity contribution is -0.143. The number of aliphatic hydroxyl groups is 1. The molecule has 4 N–H and O–H groups in total. The van der Waals surface area contributed by atoms with Crippen LogP contribution in [-0.2, 0) is 9.59 Å². The first-order chi connectivity index (χ1) is 7.43. The molecule has 6 heteroatoms. The van der Waals surface area contributed by atoms with Crippen LogP contribution in [0, 0.1) is 5.92 Å². The number of nitrogens with one attached hydrogen (secondary N) is 2. The summed E-state index contributed by atoms with van der Waals surface area (Å²) in [6.07, 6.45) is -0.223. The van der Waals surface area contributed by atoms with E-state index in [4.69, 9.17) is 5.11 Å². The average Bonchev–Trinajstić information content (AvgIpc) is 2.59. The molecule has 16 heavy (non-hydrogen) atoms. The number of carbonyl (C=O) groups is 2. The van der Waals surface area contributed by atoms with Gasteiger partial charge in [-0.1, -0.05) is 13.8 Å². The standard InChI is InChI=1S/C10H18N2O4/c1-5(2)7(10(15)16)12-9(14)8-6(13)3-4-11-8/h5-8,11,13H,3-4H2,1-2H3,(H,12,14)(H,15,16)/t6?,7-,8-/m0/s1. The average molecular weight is 230 g/mol. The second-order valence-electron chi connectivity index (χ2n) is 4.36. The lowest BCUT2D eigenvalue weighted by Gasteiger charge is -2.21. The molecule has 1 heterocycles. The Morgan fingerprint density at radius 2 is 2.06 bits per heavy atom. The Kier molecular flexibility index (Phi) is 4.26. The number of aliphatic hydroxyl groups excluding tert-OH is 1. The third-order valence-corrected chi connectivity index (χ3v) is 2.70. The lowest BCUT2D eigenvalue weighted by atomic mass is 10.0. The van der Waals surface area contributed by atoms with E-state index in [1.54, 1.807) is 13.8 Å². The number of hydrogen-bond donors (Lipinski definition) is 4. The number of hydrogen-bond acceptors (Lipinski definition) is 4. The van der Waals surface area contributed by atoms with Crippen LogP contribution in [-0.4, -0.2) is 46.8 Å². The zero-order valence-electron chi connectivity index (χ0n) is 9.43. The molecule has 92 valence electrons. The molecule has 1 fully saturated rings. The first-order valence-electron chi connectivity index (χ1n) is 5.38. The molecule has 0 aromatic carbocycles. The number of amides is 1.